The van der Waals surface area contributed by atoms with Crippen molar-refractivity contribution in [1.29, 1.82) is 0 Å². The van der Waals surface area contributed by atoms with Gasteiger partial charge >= 0.3 is 11.1 Å². The molecular formula is C11H19N3O2. The molecule has 0 fully saturated rings. The summed E-state index contributed by atoms with van der Waals surface area (Å²) in [7, 11) is 1.58. The van der Waals surface area contributed by atoms with Gasteiger partial charge in [0.05, 0.1) is 0 Å². The Morgan fingerprint density at radius 2 is 1.94 bits per heavy atom. The quantitative estimate of drug-likeness (QED) is 0.545. The van der Waals surface area contributed by atoms with Crippen LogP contribution in [0.25, 0.3) is 0 Å². The highest BCUT2D eigenvalue weighted by molar-refractivity contribution is 4.84. The lowest BCUT2D eigenvalue weighted by atomic mass is 10.3. The van der Waals surface area contributed by atoms with E-state index in [1.807, 2.05) is 0 Å². The van der Waals surface area contributed by atoms with Crippen molar-refractivity contribution in [2.24, 2.45) is 7.05 Å². The Morgan fingerprint density at radius 1 is 1.19 bits per heavy atom. The van der Waals surface area contributed by atoms with Crippen LogP contribution in [0.1, 0.15) is 19.8 Å². The van der Waals surface area contributed by atoms with E-state index in [1.54, 1.807) is 19.4 Å². The molecule has 0 aliphatic heterocycles. The third-order valence-corrected chi connectivity index (χ3v) is 2.47. The molecule has 0 radical (unpaired) electrons. The number of nitrogens with one attached hydrogen (secondary N) is 1. The Balaban J connectivity index is 2.52. The van der Waals surface area contributed by atoms with Crippen molar-refractivity contribution >= 4 is 0 Å². The number of rotatable bonds is 6. The van der Waals surface area contributed by atoms with E-state index in [1.165, 1.54) is 9.13 Å². The zero-order chi connectivity index (χ0) is 12.0. The van der Waals surface area contributed by atoms with Crippen LogP contribution in [0, 0.1) is 0 Å². The maximum atomic E-state index is 11.5. The maximum absolute atomic E-state index is 11.5. The van der Waals surface area contributed by atoms with Gasteiger partial charge in [0.2, 0.25) is 0 Å². The van der Waals surface area contributed by atoms with E-state index in [0.717, 1.165) is 19.4 Å². The zero-order valence-corrected chi connectivity index (χ0v) is 9.90. The van der Waals surface area contributed by atoms with E-state index >= 15 is 0 Å². The topological polar surface area (TPSA) is 56.0 Å². The Kier molecular flexibility index (Phi) is 4.98. The fraction of sp³-hybridized carbons (Fsp3) is 0.636. The second-order valence-electron chi connectivity index (χ2n) is 3.82. The lowest BCUT2D eigenvalue weighted by molar-refractivity contribution is 0.560. The molecule has 1 rings (SSSR count). The third kappa shape index (κ3) is 3.34. The standard InChI is InChI=1S/C11H19N3O2/c1-3-4-5-12-6-7-14-9-8-13(2)10(15)11(14)16/h8-9,12H,3-7H2,1-2H3. The predicted molar refractivity (Wildman–Crippen MR) is 63.7 cm³/mol. The first-order valence-electron chi connectivity index (χ1n) is 5.63. The van der Waals surface area contributed by atoms with Gasteiger partial charge in [-0.05, 0) is 13.0 Å². The zero-order valence-electron chi connectivity index (χ0n) is 9.90. The molecule has 0 aliphatic rings. The van der Waals surface area contributed by atoms with Crippen LogP contribution in [0.5, 0.6) is 0 Å². The summed E-state index contributed by atoms with van der Waals surface area (Å²) in [6.45, 7) is 4.34. The van der Waals surface area contributed by atoms with Gasteiger partial charge in [0.25, 0.3) is 0 Å². The monoisotopic (exact) mass is 225 g/mol. The summed E-state index contributed by atoms with van der Waals surface area (Å²) in [5, 5.41) is 3.23. The summed E-state index contributed by atoms with van der Waals surface area (Å²) in [5.41, 5.74) is -0.932. The molecule has 0 unspecified atom stereocenters. The van der Waals surface area contributed by atoms with E-state index in [0.29, 0.717) is 13.1 Å². The minimum atomic E-state index is -0.476. The molecule has 5 nitrogen and oxygen atoms in total. The van der Waals surface area contributed by atoms with Crippen molar-refractivity contribution in [3.05, 3.63) is 33.1 Å². The average molecular weight is 225 g/mol. The van der Waals surface area contributed by atoms with Crippen molar-refractivity contribution in [2.45, 2.75) is 26.3 Å². The van der Waals surface area contributed by atoms with Gasteiger partial charge in [0, 0.05) is 32.5 Å². The number of unbranched alkanes of at least 4 members (excludes halogenated alkanes) is 1. The molecule has 0 bridgehead atoms. The summed E-state index contributed by atoms with van der Waals surface area (Å²) in [5.74, 6) is 0. The van der Waals surface area contributed by atoms with Crippen molar-refractivity contribution in [1.82, 2.24) is 14.5 Å². The minimum absolute atomic E-state index is 0.456. The molecule has 0 atom stereocenters. The van der Waals surface area contributed by atoms with Gasteiger partial charge in [-0.3, -0.25) is 9.59 Å². The van der Waals surface area contributed by atoms with Gasteiger partial charge < -0.3 is 14.5 Å². The lowest BCUT2D eigenvalue weighted by Gasteiger charge is -2.07. The molecule has 0 amide bonds. The summed E-state index contributed by atoms with van der Waals surface area (Å²) in [6.07, 6.45) is 5.53. The van der Waals surface area contributed by atoms with Crippen LogP contribution in [0.4, 0.5) is 0 Å². The van der Waals surface area contributed by atoms with E-state index < -0.39 is 11.1 Å². The highest BCUT2D eigenvalue weighted by Crippen LogP contribution is 1.82. The highest BCUT2D eigenvalue weighted by atomic mass is 16.2. The first kappa shape index (κ1) is 12.7. The Hall–Kier alpha value is -1.36. The van der Waals surface area contributed by atoms with Crippen LogP contribution >= 0.6 is 0 Å². The summed E-state index contributed by atoms with van der Waals surface area (Å²) < 4.78 is 2.74. The summed E-state index contributed by atoms with van der Waals surface area (Å²) in [4.78, 5) is 22.8. The van der Waals surface area contributed by atoms with Gasteiger partial charge in [-0.15, -0.1) is 0 Å². The Morgan fingerprint density at radius 3 is 2.62 bits per heavy atom. The van der Waals surface area contributed by atoms with Gasteiger partial charge in [-0.25, -0.2) is 0 Å². The average Bonchev–Trinajstić information content (AvgIpc) is 2.28. The molecule has 5 heteroatoms. The SMILES string of the molecule is CCCCNCCn1ccn(C)c(=O)c1=O. The highest BCUT2D eigenvalue weighted by Gasteiger charge is 2.00. The Bertz CT molecular complexity index is 434. The van der Waals surface area contributed by atoms with Crippen LogP contribution < -0.4 is 16.4 Å². The summed E-state index contributed by atoms with van der Waals surface area (Å²) >= 11 is 0. The first-order chi connectivity index (χ1) is 7.66. The molecule has 90 valence electrons. The van der Waals surface area contributed by atoms with Gasteiger partial charge in [-0.1, -0.05) is 13.3 Å². The molecule has 16 heavy (non-hydrogen) atoms. The van der Waals surface area contributed by atoms with E-state index in [2.05, 4.69) is 12.2 Å². The molecule has 0 saturated heterocycles. The van der Waals surface area contributed by atoms with Gasteiger partial charge in [0.1, 0.15) is 0 Å². The number of nitrogens with zero attached hydrogens (tertiary/aromatic N) is 2. The van der Waals surface area contributed by atoms with E-state index in [4.69, 9.17) is 0 Å². The number of hydrogen-bond acceptors (Lipinski definition) is 3. The van der Waals surface area contributed by atoms with Crippen molar-refractivity contribution in [2.75, 3.05) is 13.1 Å². The lowest BCUT2D eigenvalue weighted by Crippen LogP contribution is -2.40. The Labute approximate surface area is 94.7 Å². The maximum Gasteiger partial charge on any atom is 0.316 e. The second-order valence-corrected chi connectivity index (χ2v) is 3.82. The smallest absolute Gasteiger partial charge is 0.315 e. The van der Waals surface area contributed by atoms with E-state index in [-0.39, 0.29) is 0 Å². The molecule has 1 aromatic heterocycles. The molecule has 0 spiro atoms. The van der Waals surface area contributed by atoms with E-state index in [9.17, 15) is 9.59 Å². The van der Waals surface area contributed by atoms with Crippen molar-refractivity contribution in [3.63, 3.8) is 0 Å². The largest absolute Gasteiger partial charge is 0.316 e. The fourth-order valence-electron chi connectivity index (χ4n) is 1.39. The molecule has 1 heterocycles. The molecule has 0 aliphatic carbocycles. The van der Waals surface area contributed by atoms with Crippen LogP contribution in [0.3, 0.4) is 0 Å². The van der Waals surface area contributed by atoms with Gasteiger partial charge in [-0.2, -0.15) is 0 Å². The first-order valence-corrected chi connectivity index (χ1v) is 5.63. The molecule has 1 aromatic rings. The van der Waals surface area contributed by atoms with Crippen molar-refractivity contribution in [3.8, 4) is 0 Å². The molecular weight excluding hydrogens is 206 g/mol. The van der Waals surface area contributed by atoms with Crippen LogP contribution in [0.15, 0.2) is 22.0 Å². The number of aromatic nitrogens is 2. The molecule has 0 saturated carbocycles. The number of aryl methyl sites for hydroxylation is 1. The van der Waals surface area contributed by atoms with Crippen LogP contribution in [0.2, 0.25) is 0 Å². The minimum Gasteiger partial charge on any atom is -0.315 e. The molecule has 1 N–H and O–H groups in total. The second kappa shape index (κ2) is 6.27. The third-order valence-electron chi connectivity index (χ3n) is 2.47. The van der Waals surface area contributed by atoms with Crippen LogP contribution in [-0.2, 0) is 13.6 Å². The summed E-state index contributed by atoms with van der Waals surface area (Å²) in [6, 6.07) is 0. The van der Waals surface area contributed by atoms with Gasteiger partial charge in [0.15, 0.2) is 0 Å². The normalized spacial score (nSPS) is 10.6. The number of hydrogen-bond donors (Lipinski definition) is 1. The fourth-order valence-corrected chi connectivity index (χ4v) is 1.39. The van der Waals surface area contributed by atoms with Crippen molar-refractivity contribution < 1.29 is 0 Å². The molecule has 0 aromatic carbocycles. The predicted octanol–water partition coefficient (Wildman–Crippen LogP) is -0.0633. The van der Waals surface area contributed by atoms with Crippen LogP contribution in [-0.4, -0.2) is 22.2 Å².